The van der Waals surface area contributed by atoms with E-state index in [0.29, 0.717) is 22.9 Å². The van der Waals surface area contributed by atoms with Crippen molar-refractivity contribution in [3.8, 4) is 11.4 Å². The number of fused-ring (bicyclic) bond motifs is 1. The number of nitrogens with one attached hydrogen (secondary N) is 1. The molecule has 0 bridgehead atoms. The smallest absolute Gasteiger partial charge is 0.281 e. The Balaban J connectivity index is 1.65. The summed E-state index contributed by atoms with van der Waals surface area (Å²) in [5.74, 6) is -4.95. The van der Waals surface area contributed by atoms with Crippen LogP contribution in [-0.2, 0) is 10.0 Å². The van der Waals surface area contributed by atoms with Gasteiger partial charge in [0.2, 0.25) is 10.0 Å². The average Bonchev–Trinajstić information content (AvgIpc) is 3.17. The number of aromatic nitrogens is 4. The first-order valence-electron chi connectivity index (χ1n) is 10.1. The highest BCUT2D eigenvalue weighted by molar-refractivity contribution is 7.88. The third kappa shape index (κ3) is 4.78. The van der Waals surface area contributed by atoms with Gasteiger partial charge in [0.15, 0.2) is 5.65 Å². The van der Waals surface area contributed by atoms with E-state index in [-0.39, 0.29) is 13.1 Å². The molecule has 178 valence electrons. The third-order valence-electron chi connectivity index (χ3n) is 5.69. The monoisotopic (exact) mass is 486 g/mol. The average molecular weight is 486 g/mol. The number of piperidine rings is 1. The second-order valence-electron chi connectivity index (χ2n) is 8.16. The molecule has 0 unspecified atom stereocenters. The second kappa shape index (κ2) is 8.52. The van der Waals surface area contributed by atoms with Gasteiger partial charge in [-0.2, -0.15) is 0 Å². The van der Waals surface area contributed by atoms with Crippen LogP contribution in [0.4, 0.5) is 23.4 Å². The van der Waals surface area contributed by atoms with E-state index in [0.717, 1.165) is 6.26 Å². The van der Waals surface area contributed by atoms with Gasteiger partial charge >= 0.3 is 0 Å². The summed E-state index contributed by atoms with van der Waals surface area (Å²) in [6.45, 7) is 0.921. The van der Waals surface area contributed by atoms with Crippen molar-refractivity contribution in [2.45, 2.75) is 19.3 Å². The Labute approximate surface area is 187 Å². The van der Waals surface area contributed by atoms with Crippen molar-refractivity contribution in [3.05, 3.63) is 42.5 Å². The van der Waals surface area contributed by atoms with Crippen molar-refractivity contribution in [2.75, 3.05) is 30.8 Å². The molecule has 0 aromatic carbocycles. The summed E-state index contributed by atoms with van der Waals surface area (Å²) in [7, 11) is -3.63. The van der Waals surface area contributed by atoms with Crippen LogP contribution in [0.1, 0.15) is 19.0 Å². The van der Waals surface area contributed by atoms with Gasteiger partial charge in [0.1, 0.15) is 11.5 Å². The lowest BCUT2D eigenvalue weighted by molar-refractivity contribution is -0.108. The summed E-state index contributed by atoms with van der Waals surface area (Å²) >= 11 is 0. The van der Waals surface area contributed by atoms with Crippen LogP contribution < -0.4 is 9.62 Å². The van der Waals surface area contributed by atoms with Gasteiger partial charge < -0.3 is 4.90 Å². The lowest BCUT2D eigenvalue weighted by atomic mass is 9.86. The minimum absolute atomic E-state index is 0.0193. The minimum atomic E-state index is -3.63. The van der Waals surface area contributed by atoms with Gasteiger partial charge in [-0.05, 0) is 12.1 Å². The van der Waals surface area contributed by atoms with Crippen LogP contribution in [0.25, 0.3) is 17.0 Å². The van der Waals surface area contributed by atoms with E-state index < -0.39 is 46.4 Å². The SMILES string of the molecule is C[C@H]1CN(c2cccc(-c3cnc4cnc(C(F)F)cn34)n2)C[C@@H](CNS(C)(=O)=O)C1(F)F. The number of pyridine rings is 1. The Hall–Kier alpha value is -2.80. The fourth-order valence-electron chi connectivity index (χ4n) is 3.91. The molecule has 2 atom stereocenters. The zero-order valence-corrected chi connectivity index (χ0v) is 18.6. The Morgan fingerprint density at radius 2 is 1.97 bits per heavy atom. The van der Waals surface area contributed by atoms with Crippen LogP contribution >= 0.6 is 0 Å². The highest BCUT2D eigenvalue weighted by Crippen LogP contribution is 2.39. The molecule has 3 aromatic rings. The largest absolute Gasteiger partial charge is 0.356 e. The van der Waals surface area contributed by atoms with Gasteiger partial charge in [-0.1, -0.05) is 13.0 Å². The molecule has 1 N–H and O–H groups in total. The highest BCUT2D eigenvalue weighted by atomic mass is 32.2. The van der Waals surface area contributed by atoms with E-state index >= 15 is 0 Å². The van der Waals surface area contributed by atoms with Crippen LogP contribution in [0.15, 0.2) is 36.8 Å². The van der Waals surface area contributed by atoms with Crippen molar-refractivity contribution in [1.82, 2.24) is 24.1 Å². The number of anilines is 1. The van der Waals surface area contributed by atoms with Crippen LogP contribution in [-0.4, -0.2) is 59.6 Å². The Kier molecular flexibility index (Phi) is 6.03. The van der Waals surface area contributed by atoms with Gasteiger partial charge in [0.25, 0.3) is 12.3 Å². The van der Waals surface area contributed by atoms with Gasteiger partial charge in [-0.15, -0.1) is 0 Å². The standard InChI is InChI=1S/C20H22F4N6O2S/c1-12-9-29(10-13(20(12,23)24)6-27-33(2,31)32)17-5-3-4-14(28-17)16-7-26-18-8-25-15(19(21)22)11-30(16)18/h3-5,7-8,11-13,19,27H,6,9-10H2,1-2H3/t12-,13+/m0/s1. The summed E-state index contributed by atoms with van der Waals surface area (Å²) in [5, 5.41) is 0. The lowest BCUT2D eigenvalue weighted by Crippen LogP contribution is -2.56. The molecule has 0 radical (unpaired) electrons. The molecular formula is C20H22F4N6O2S. The third-order valence-corrected chi connectivity index (χ3v) is 6.38. The maximum atomic E-state index is 14.7. The second-order valence-corrected chi connectivity index (χ2v) is 10.00. The molecule has 8 nitrogen and oxygen atoms in total. The molecule has 4 heterocycles. The van der Waals surface area contributed by atoms with E-state index in [4.69, 9.17) is 0 Å². The van der Waals surface area contributed by atoms with E-state index in [1.54, 1.807) is 23.1 Å². The number of imidazole rings is 1. The van der Waals surface area contributed by atoms with Crippen LogP contribution in [0, 0.1) is 11.8 Å². The van der Waals surface area contributed by atoms with Crippen molar-refractivity contribution < 1.29 is 26.0 Å². The fourth-order valence-corrected chi connectivity index (χ4v) is 4.41. The lowest BCUT2D eigenvalue weighted by Gasteiger charge is -2.43. The molecule has 1 fully saturated rings. The molecule has 3 aromatic heterocycles. The molecule has 33 heavy (non-hydrogen) atoms. The molecule has 1 aliphatic rings. The minimum Gasteiger partial charge on any atom is -0.356 e. The number of nitrogens with zero attached hydrogens (tertiary/aromatic N) is 5. The summed E-state index contributed by atoms with van der Waals surface area (Å²) in [6, 6.07) is 5.02. The van der Waals surface area contributed by atoms with E-state index in [1.165, 1.54) is 29.9 Å². The number of hydrogen-bond donors (Lipinski definition) is 1. The van der Waals surface area contributed by atoms with Crippen LogP contribution in [0.3, 0.4) is 0 Å². The van der Waals surface area contributed by atoms with Crippen molar-refractivity contribution in [2.24, 2.45) is 11.8 Å². The molecule has 0 saturated carbocycles. The van der Waals surface area contributed by atoms with Crippen molar-refractivity contribution in [1.29, 1.82) is 0 Å². The number of sulfonamides is 1. The first kappa shape index (κ1) is 23.4. The van der Waals surface area contributed by atoms with Gasteiger partial charge in [0.05, 0.1) is 36.0 Å². The van der Waals surface area contributed by atoms with Gasteiger partial charge in [-0.25, -0.2) is 45.7 Å². The number of alkyl halides is 4. The summed E-state index contributed by atoms with van der Waals surface area (Å²) in [6.07, 6.45) is 2.07. The summed E-state index contributed by atoms with van der Waals surface area (Å²) < 4.78 is 82.2. The first-order valence-corrected chi connectivity index (χ1v) is 12.0. The Morgan fingerprint density at radius 1 is 1.21 bits per heavy atom. The van der Waals surface area contributed by atoms with E-state index in [9.17, 15) is 26.0 Å². The van der Waals surface area contributed by atoms with Crippen LogP contribution in [0.2, 0.25) is 0 Å². The molecule has 0 aliphatic carbocycles. The fraction of sp³-hybridized carbons (Fsp3) is 0.450. The highest BCUT2D eigenvalue weighted by Gasteiger charge is 2.49. The van der Waals surface area contributed by atoms with Crippen molar-refractivity contribution in [3.63, 3.8) is 0 Å². The predicted octanol–water partition coefficient (Wildman–Crippen LogP) is 2.99. The normalized spacial score (nSPS) is 21.1. The Bertz CT molecular complexity index is 1270. The Morgan fingerprint density at radius 3 is 2.67 bits per heavy atom. The van der Waals surface area contributed by atoms with E-state index in [2.05, 4.69) is 19.7 Å². The topological polar surface area (TPSA) is 92.5 Å². The molecule has 0 spiro atoms. The van der Waals surface area contributed by atoms with Gasteiger partial charge in [0, 0.05) is 31.7 Å². The molecular weight excluding hydrogens is 464 g/mol. The molecule has 0 amide bonds. The van der Waals surface area contributed by atoms with Crippen molar-refractivity contribution >= 4 is 21.5 Å². The predicted molar refractivity (Wildman–Crippen MR) is 114 cm³/mol. The van der Waals surface area contributed by atoms with E-state index in [1.807, 2.05) is 0 Å². The quantitative estimate of drug-likeness (QED) is 0.539. The summed E-state index contributed by atoms with van der Waals surface area (Å²) in [5.41, 5.74) is 0.815. The number of halogens is 4. The number of hydrogen-bond acceptors (Lipinski definition) is 6. The van der Waals surface area contributed by atoms with Gasteiger partial charge in [-0.3, -0.25) is 4.40 Å². The molecule has 1 aliphatic heterocycles. The maximum Gasteiger partial charge on any atom is 0.281 e. The molecule has 1 saturated heterocycles. The molecule has 4 rings (SSSR count). The summed E-state index contributed by atoms with van der Waals surface area (Å²) in [4.78, 5) is 14.1. The molecule has 13 heteroatoms. The zero-order valence-electron chi connectivity index (χ0n) is 17.8. The van der Waals surface area contributed by atoms with Crippen LogP contribution in [0.5, 0.6) is 0 Å². The zero-order chi connectivity index (χ0) is 24.0. The maximum absolute atomic E-state index is 14.7. The number of rotatable bonds is 6. The first-order chi connectivity index (χ1) is 15.5.